The molecule has 0 heterocycles. The van der Waals surface area contributed by atoms with Gasteiger partial charge in [-0.05, 0) is 33.4 Å². The van der Waals surface area contributed by atoms with Crippen molar-refractivity contribution >= 4 is 0 Å². The molecule has 0 aliphatic carbocycles. The third-order valence-corrected chi connectivity index (χ3v) is 2.84. The highest BCUT2D eigenvalue weighted by atomic mass is 16.5. The maximum absolute atomic E-state index is 5.41. The predicted octanol–water partition coefficient (Wildman–Crippen LogP) is 3.07. The molecule has 0 aliphatic heterocycles. The first-order valence-corrected chi connectivity index (χ1v) is 5.94. The van der Waals surface area contributed by atoms with Gasteiger partial charge in [-0.1, -0.05) is 17.7 Å². The van der Waals surface area contributed by atoms with E-state index in [4.69, 9.17) is 4.74 Å². The molecule has 0 aromatic heterocycles. The van der Waals surface area contributed by atoms with Crippen molar-refractivity contribution in [3.05, 3.63) is 29.3 Å². The van der Waals surface area contributed by atoms with Gasteiger partial charge < -0.3 is 10.1 Å². The molecule has 0 saturated carbocycles. The number of benzene rings is 1. The van der Waals surface area contributed by atoms with Crippen molar-refractivity contribution in [1.82, 2.24) is 5.32 Å². The Labute approximate surface area is 104 Å². The normalized spacial score (nSPS) is 11.5. The molecule has 0 saturated heterocycles. The lowest BCUT2D eigenvalue weighted by Crippen LogP contribution is -2.17. The van der Waals surface area contributed by atoms with Gasteiger partial charge in [0.25, 0.3) is 0 Å². The molecule has 0 aliphatic rings. The molecule has 2 heteroatoms. The number of aryl methyl sites for hydroxylation is 1. The lowest BCUT2D eigenvalue weighted by molar-refractivity contribution is 0.399. The maximum Gasteiger partial charge on any atom is 0.123 e. The van der Waals surface area contributed by atoms with Gasteiger partial charge in [0.1, 0.15) is 5.75 Å². The molecule has 1 rings (SSSR count). The van der Waals surface area contributed by atoms with Gasteiger partial charge in [-0.25, -0.2) is 0 Å². The Morgan fingerprint density at radius 3 is 2.76 bits per heavy atom. The number of ether oxygens (including phenoxy) is 1. The van der Waals surface area contributed by atoms with Gasteiger partial charge in [0.05, 0.1) is 7.11 Å². The first-order chi connectivity index (χ1) is 8.22. The quantitative estimate of drug-likeness (QED) is 0.786. The standard InChI is InChI=1S/C15H21NO/c1-5-6-7-8-14(16-3)13-11-12(2)9-10-15(13)17-4/h9-11,14,16H,7-8H2,1-4H3. The Bertz CT molecular complexity index is 415. The lowest BCUT2D eigenvalue weighted by Gasteiger charge is -2.19. The average molecular weight is 231 g/mol. The topological polar surface area (TPSA) is 21.3 Å². The van der Waals surface area contributed by atoms with Crippen LogP contribution in [0, 0.1) is 18.8 Å². The summed E-state index contributed by atoms with van der Waals surface area (Å²) in [5.74, 6) is 6.98. The first kappa shape index (κ1) is 13.6. The highest BCUT2D eigenvalue weighted by Crippen LogP contribution is 2.28. The van der Waals surface area contributed by atoms with E-state index in [0.717, 1.165) is 18.6 Å². The van der Waals surface area contributed by atoms with Crippen LogP contribution in [0.25, 0.3) is 0 Å². The van der Waals surface area contributed by atoms with Crippen LogP contribution in [-0.2, 0) is 0 Å². The maximum atomic E-state index is 5.41. The van der Waals surface area contributed by atoms with Gasteiger partial charge >= 0.3 is 0 Å². The van der Waals surface area contributed by atoms with E-state index in [0.29, 0.717) is 6.04 Å². The summed E-state index contributed by atoms with van der Waals surface area (Å²) in [6, 6.07) is 6.58. The molecule has 0 bridgehead atoms. The highest BCUT2D eigenvalue weighted by Gasteiger charge is 2.13. The van der Waals surface area contributed by atoms with Gasteiger partial charge in [0.2, 0.25) is 0 Å². The number of hydrogen-bond donors (Lipinski definition) is 1. The van der Waals surface area contributed by atoms with Crippen molar-refractivity contribution in [3.63, 3.8) is 0 Å². The first-order valence-electron chi connectivity index (χ1n) is 5.94. The molecule has 17 heavy (non-hydrogen) atoms. The molecule has 92 valence electrons. The van der Waals surface area contributed by atoms with E-state index in [1.807, 2.05) is 20.0 Å². The minimum Gasteiger partial charge on any atom is -0.496 e. The van der Waals surface area contributed by atoms with E-state index >= 15 is 0 Å². The number of hydrogen-bond acceptors (Lipinski definition) is 2. The van der Waals surface area contributed by atoms with Gasteiger partial charge in [-0.3, -0.25) is 0 Å². The molecule has 0 spiro atoms. The van der Waals surface area contributed by atoms with E-state index < -0.39 is 0 Å². The molecule has 1 aromatic rings. The summed E-state index contributed by atoms with van der Waals surface area (Å²) >= 11 is 0. The van der Waals surface area contributed by atoms with Crippen LogP contribution in [-0.4, -0.2) is 14.2 Å². The van der Waals surface area contributed by atoms with Gasteiger partial charge in [0, 0.05) is 18.0 Å². The van der Waals surface area contributed by atoms with Crippen LogP contribution < -0.4 is 10.1 Å². The summed E-state index contributed by atoms with van der Waals surface area (Å²) in [6.07, 6.45) is 1.90. The predicted molar refractivity (Wildman–Crippen MR) is 72.2 cm³/mol. The fraction of sp³-hybridized carbons (Fsp3) is 0.467. The molecule has 1 N–H and O–H groups in total. The molecule has 0 fully saturated rings. The van der Waals surface area contributed by atoms with E-state index in [1.54, 1.807) is 7.11 Å². The van der Waals surface area contributed by atoms with Crippen LogP contribution in [0.1, 0.15) is 36.9 Å². The minimum atomic E-state index is 0.297. The van der Waals surface area contributed by atoms with Crippen LogP contribution in [0.3, 0.4) is 0 Å². The number of rotatable bonds is 5. The fourth-order valence-electron chi connectivity index (χ4n) is 1.92. The van der Waals surface area contributed by atoms with Crippen LogP contribution >= 0.6 is 0 Å². The van der Waals surface area contributed by atoms with E-state index in [9.17, 15) is 0 Å². The van der Waals surface area contributed by atoms with Gasteiger partial charge in [-0.15, -0.1) is 11.8 Å². The molecular formula is C15H21NO. The molecule has 1 aromatic carbocycles. The Morgan fingerprint density at radius 1 is 1.41 bits per heavy atom. The summed E-state index contributed by atoms with van der Waals surface area (Å²) < 4.78 is 5.41. The fourth-order valence-corrected chi connectivity index (χ4v) is 1.92. The largest absolute Gasteiger partial charge is 0.496 e. The van der Waals surface area contributed by atoms with Crippen LogP contribution in [0.2, 0.25) is 0 Å². The van der Waals surface area contributed by atoms with E-state index in [1.165, 1.54) is 11.1 Å². The Balaban J connectivity index is 2.91. The molecule has 1 unspecified atom stereocenters. The molecular weight excluding hydrogens is 210 g/mol. The zero-order chi connectivity index (χ0) is 12.7. The number of nitrogens with one attached hydrogen (secondary N) is 1. The third kappa shape index (κ3) is 3.80. The van der Waals surface area contributed by atoms with Gasteiger partial charge in [0.15, 0.2) is 0 Å². The summed E-state index contributed by atoms with van der Waals surface area (Å²) in [5.41, 5.74) is 2.47. The van der Waals surface area contributed by atoms with Crippen LogP contribution in [0.15, 0.2) is 18.2 Å². The van der Waals surface area contributed by atoms with Crippen LogP contribution in [0.5, 0.6) is 5.75 Å². The molecule has 2 nitrogen and oxygen atoms in total. The summed E-state index contributed by atoms with van der Waals surface area (Å²) in [5, 5.41) is 3.33. The zero-order valence-electron chi connectivity index (χ0n) is 11.1. The van der Waals surface area contributed by atoms with Crippen molar-refractivity contribution in [1.29, 1.82) is 0 Å². The number of methoxy groups -OCH3 is 1. The second-order valence-corrected chi connectivity index (χ2v) is 4.05. The molecule has 1 atom stereocenters. The summed E-state index contributed by atoms with van der Waals surface area (Å²) in [7, 11) is 3.69. The molecule has 0 radical (unpaired) electrons. The summed E-state index contributed by atoms with van der Waals surface area (Å²) in [6.45, 7) is 3.98. The van der Waals surface area contributed by atoms with Crippen molar-refractivity contribution < 1.29 is 4.74 Å². The van der Waals surface area contributed by atoms with Crippen molar-refractivity contribution in [3.8, 4) is 17.6 Å². The van der Waals surface area contributed by atoms with Gasteiger partial charge in [-0.2, -0.15) is 0 Å². The monoisotopic (exact) mass is 231 g/mol. The second-order valence-electron chi connectivity index (χ2n) is 4.05. The summed E-state index contributed by atoms with van der Waals surface area (Å²) in [4.78, 5) is 0. The average Bonchev–Trinajstić information content (AvgIpc) is 2.35. The molecule has 0 amide bonds. The van der Waals surface area contributed by atoms with Crippen molar-refractivity contribution in [2.45, 2.75) is 32.7 Å². The third-order valence-electron chi connectivity index (χ3n) is 2.84. The SMILES string of the molecule is CC#CCCC(NC)c1cc(C)ccc1OC. The van der Waals surface area contributed by atoms with Crippen molar-refractivity contribution in [2.24, 2.45) is 0 Å². The second kappa shape index (κ2) is 6.98. The smallest absolute Gasteiger partial charge is 0.123 e. The van der Waals surface area contributed by atoms with E-state index in [-0.39, 0.29) is 0 Å². The highest BCUT2D eigenvalue weighted by molar-refractivity contribution is 5.39. The Hall–Kier alpha value is -1.46. The Morgan fingerprint density at radius 2 is 2.18 bits per heavy atom. The van der Waals surface area contributed by atoms with E-state index in [2.05, 4.69) is 36.2 Å². The van der Waals surface area contributed by atoms with Crippen LogP contribution in [0.4, 0.5) is 0 Å². The van der Waals surface area contributed by atoms with Crippen molar-refractivity contribution in [2.75, 3.05) is 14.2 Å². The zero-order valence-corrected chi connectivity index (χ0v) is 11.1. The Kier molecular flexibility index (Phi) is 5.59. The minimum absolute atomic E-state index is 0.297. The lowest BCUT2D eigenvalue weighted by atomic mass is 9.99.